The van der Waals surface area contributed by atoms with Crippen molar-refractivity contribution in [3.8, 4) is 0 Å². The number of carbonyl (C=O) groups excluding carboxylic acids is 1. The molecule has 0 aliphatic rings. The maximum absolute atomic E-state index is 11.4. The Morgan fingerprint density at radius 3 is 2.86 bits per heavy atom. The molecule has 0 aliphatic heterocycles. The molecule has 0 aliphatic carbocycles. The van der Waals surface area contributed by atoms with Crippen LogP contribution in [0.3, 0.4) is 0 Å². The summed E-state index contributed by atoms with van der Waals surface area (Å²) in [5.74, 6) is -0.388. The minimum absolute atomic E-state index is 0.388. The highest BCUT2D eigenvalue weighted by molar-refractivity contribution is 9.10. The first kappa shape index (κ1) is 15.1. The van der Waals surface area contributed by atoms with Crippen LogP contribution in [-0.2, 0) is 11.2 Å². The van der Waals surface area contributed by atoms with Gasteiger partial charge in [0, 0.05) is 39.9 Å². The molecule has 3 rings (SSSR count). The van der Waals surface area contributed by atoms with E-state index in [4.69, 9.17) is 11.6 Å². The number of nitrogens with zero attached hydrogens (tertiary/aromatic N) is 1. The van der Waals surface area contributed by atoms with Crippen molar-refractivity contribution >= 4 is 44.4 Å². The average Bonchev–Trinajstić information content (AvgIpc) is 2.94. The summed E-state index contributed by atoms with van der Waals surface area (Å²) >= 11 is 9.69. The van der Waals surface area contributed by atoms with E-state index in [0.717, 1.165) is 26.6 Å². The summed E-state index contributed by atoms with van der Waals surface area (Å²) in [5, 5.41) is 1.72. The number of H-pyrrole nitrogens is 1. The Morgan fingerprint density at radius 1 is 1.36 bits per heavy atom. The Bertz CT molecular complexity index is 843. The lowest BCUT2D eigenvalue weighted by Gasteiger charge is -2.04. The van der Waals surface area contributed by atoms with Crippen LogP contribution < -0.4 is 0 Å². The first-order chi connectivity index (χ1) is 10.6. The number of benzene rings is 1. The molecule has 4 nitrogen and oxygen atoms in total. The molecule has 1 N–H and O–H groups in total. The molecule has 0 bridgehead atoms. The molecule has 0 amide bonds. The van der Waals surface area contributed by atoms with Crippen LogP contribution in [0.5, 0.6) is 0 Å². The van der Waals surface area contributed by atoms with Crippen LogP contribution in [0.15, 0.2) is 41.1 Å². The predicted molar refractivity (Wildman–Crippen MR) is 89.4 cm³/mol. The number of ether oxygens (including phenoxy) is 1. The maximum Gasteiger partial charge on any atom is 0.339 e. The summed E-state index contributed by atoms with van der Waals surface area (Å²) in [6, 6.07) is 7.33. The van der Waals surface area contributed by atoms with Crippen molar-refractivity contribution in [1.82, 2.24) is 9.97 Å². The number of hydrogen-bond donors (Lipinski definition) is 1. The first-order valence-corrected chi connectivity index (χ1v) is 7.74. The van der Waals surface area contributed by atoms with E-state index in [1.165, 1.54) is 13.3 Å². The summed E-state index contributed by atoms with van der Waals surface area (Å²) in [6.45, 7) is 0. The van der Waals surface area contributed by atoms with Crippen molar-refractivity contribution in [3.05, 3.63) is 63.0 Å². The number of pyridine rings is 1. The molecule has 0 saturated carbocycles. The van der Waals surface area contributed by atoms with E-state index >= 15 is 0 Å². The number of fused-ring (bicyclic) bond motifs is 1. The highest BCUT2D eigenvalue weighted by Gasteiger charge is 2.12. The number of hydrogen-bond acceptors (Lipinski definition) is 3. The normalized spacial score (nSPS) is 10.9. The van der Waals surface area contributed by atoms with Crippen molar-refractivity contribution < 1.29 is 9.53 Å². The molecular formula is C16H12BrClN2O2. The molecule has 0 saturated heterocycles. The lowest BCUT2D eigenvalue weighted by atomic mass is 10.1. The maximum atomic E-state index is 11.4. The Labute approximate surface area is 140 Å². The highest BCUT2D eigenvalue weighted by Crippen LogP contribution is 2.33. The largest absolute Gasteiger partial charge is 0.465 e. The molecule has 2 heterocycles. The van der Waals surface area contributed by atoms with E-state index in [9.17, 15) is 4.79 Å². The van der Waals surface area contributed by atoms with Crippen LogP contribution in [0, 0.1) is 0 Å². The third-order valence-corrected chi connectivity index (χ3v) is 4.80. The smallest absolute Gasteiger partial charge is 0.339 e. The van der Waals surface area contributed by atoms with E-state index in [1.54, 1.807) is 6.07 Å². The molecule has 3 aromatic rings. The SMILES string of the molecule is COC(=O)c1ccc(Cc2c[nH]c3ccc(Cl)c(Br)c23)nc1. The van der Waals surface area contributed by atoms with Crippen LogP contribution in [0.1, 0.15) is 21.6 Å². The molecular weight excluding hydrogens is 368 g/mol. The minimum atomic E-state index is -0.388. The van der Waals surface area contributed by atoms with Crippen molar-refractivity contribution in [3.63, 3.8) is 0 Å². The molecule has 22 heavy (non-hydrogen) atoms. The Balaban J connectivity index is 1.93. The quantitative estimate of drug-likeness (QED) is 0.688. The third kappa shape index (κ3) is 2.74. The second-order valence-electron chi connectivity index (χ2n) is 4.80. The molecule has 0 radical (unpaired) electrons. The zero-order valence-corrected chi connectivity index (χ0v) is 14.0. The molecule has 112 valence electrons. The number of esters is 1. The van der Waals surface area contributed by atoms with Gasteiger partial charge in [-0.1, -0.05) is 11.6 Å². The number of nitrogens with one attached hydrogen (secondary N) is 1. The van der Waals surface area contributed by atoms with Crippen LogP contribution in [0.25, 0.3) is 10.9 Å². The fourth-order valence-electron chi connectivity index (χ4n) is 2.32. The van der Waals surface area contributed by atoms with Crippen LogP contribution in [0.4, 0.5) is 0 Å². The number of methoxy groups -OCH3 is 1. The van der Waals surface area contributed by atoms with Crippen LogP contribution >= 0.6 is 27.5 Å². The molecule has 6 heteroatoms. The van der Waals surface area contributed by atoms with Crippen molar-refractivity contribution in [2.45, 2.75) is 6.42 Å². The van der Waals surface area contributed by atoms with Gasteiger partial charge in [-0.3, -0.25) is 4.98 Å². The van der Waals surface area contributed by atoms with Gasteiger partial charge in [0.15, 0.2) is 0 Å². The fourth-order valence-corrected chi connectivity index (χ4v) is 3.08. The van der Waals surface area contributed by atoms with Gasteiger partial charge in [-0.2, -0.15) is 0 Å². The zero-order valence-electron chi connectivity index (χ0n) is 11.7. The van der Waals surface area contributed by atoms with E-state index in [-0.39, 0.29) is 5.97 Å². The second kappa shape index (κ2) is 6.10. The van der Waals surface area contributed by atoms with Gasteiger partial charge in [-0.05, 0) is 45.8 Å². The summed E-state index contributed by atoms with van der Waals surface area (Å²) in [7, 11) is 1.35. The lowest BCUT2D eigenvalue weighted by Crippen LogP contribution is -2.02. The van der Waals surface area contributed by atoms with E-state index in [1.807, 2.05) is 24.4 Å². The van der Waals surface area contributed by atoms with E-state index < -0.39 is 0 Å². The zero-order chi connectivity index (χ0) is 15.7. The van der Waals surface area contributed by atoms with Crippen molar-refractivity contribution in [2.75, 3.05) is 7.11 Å². The monoisotopic (exact) mass is 378 g/mol. The molecule has 0 atom stereocenters. The molecule has 0 spiro atoms. The van der Waals surface area contributed by atoms with Crippen molar-refractivity contribution in [2.24, 2.45) is 0 Å². The molecule has 0 fully saturated rings. The van der Waals surface area contributed by atoms with Gasteiger partial charge in [0.25, 0.3) is 0 Å². The predicted octanol–water partition coefficient (Wildman–Crippen LogP) is 4.36. The van der Waals surface area contributed by atoms with E-state index in [2.05, 4.69) is 30.6 Å². The summed E-state index contributed by atoms with van der Waals surface area (Å²) < 4.78 is 5.53. The minimum Gasteiger partial charge on any atom is -0.465 e. The average molecular weight is 380 g/mol. The summed E-state index contributed by atoms with van der Waals surface area (Å²) in [5.41, 5.74) is 3.40. The van der Waals surface area contributed by atoms with Crippen molar-refractivity contribution in [1.29, 1.82) is 0 Å². The van der Waals surface area contributed by atoms with Gasteiger partial charge in [0.05, 0.1) is 17.7 Å². The standard InChI is InChI=1S/C16H12BrClN2O2/c1-22-16(21)9-2-3-11(19-7-9)6-10-8-20-13-5-4-12(18)15(17)14(10)13/h2-5,7-8,20H,6H2,1H3. The molecule has 1 aromatic carbocycles. The lowest BCUT2D eigenvalue weighted by molar-refractivity contribution is 0.0600. The Kier molecular flexibility index (Phi) is 4.18. The third-order valence-electron chi connectivity index (χ3n) is 3.44. The number of aromatic amines is 1. The second-order valence-corrected chi connectivity index (χ2v) is 6.00. The van der Waals surface area contributed by atoms with Crippen LogP contribution in [0.2, 0.25) is 5.02 Å². The summed E-state index contributed by atoms with van der Waals surface area (Å²) in [4.78, 5) is 19.0. The van der Waals surface area contributed by atoms with Gasteiger partial charge >= 0.3 is 5.97 Å². The molecule has 0 unspecified atom stereocenters. The number of rotatable bonds is 3. The van der Waals surface area contributed by atoms with E-state index in [0.29, 0.717) is 17.0 Å². The van der Waals surface area contributed by atoms with Gasteiger partial charge in [-0.15, -0.1) is 0 Å². The molecule has 2 aromatic heterocycles. The van der Waals surface area contributed by atoms with Gasteiger partial charge < -0.3 is 9.72 Å². The Morgan fingerprint density at radius 2 is 2.18 bits per heavy atom. The van der Waals surface area contributed by atoms with Crippen LogP contribution in [-0.4, -0.2) is 23.0 Å². The number of aromatic nitrogens is 2. The Hall–Kier alpha value is -1.85. The topological polar surface area (TPSA) is 55.0 Å². The first-order valence-electron chi connectivity index (χ1n) is 6.57. The summed E-state index contributed by atoms with van der Waals surface area (Å²) in [6.07, 6.45) is 4.11. The van der Waals surface area contributed by atoms with Gasteiger partial charge in [0.1, 0.15) is 0 Å². The van der Waals surface area contributed by atoms with Gasteiger partial charge in [0.2, 0.25) is 0 Å². The number of carbonyl (C=O) groups is 1. The van der Waals surface area contributed by atoms with Gasteiger partial charge in [-0.25, -0.2) is 4.79 Å². The highest BCUT2D eigenvalue weighted by atomic mass is 79.9. The number of halogens is 2. The fraction of sp³-hybridized carbons (Fsp3) is 0.125.